The van der Waals surface area contributed by atoms with Crippen LogP contribution in [-0.2, 0) is 62.0 Å². The molecule has 0 unspecified atom stereocenters. The molecule has 13 heteroatoms. The molecule has 1 saturated carbocycles. The lowest BCUT2D eigenvalue weighted by Crippen LogP contribution is -2.58. The molecule has 1 fully saturated rings. The average Bonchev–Trinajstić information content (AvgIpc) is 3.13. The molecule has 2 rings (SSSR count). The molecule has 2 aliphatic carbocycles. The largest absolute Gasteiger partial charge is 0.458 e. The summed E-state index contributed by atoms with van der Waals surface area (Å²) in [6.45, 7) is 19.3. The highest BCUT2D eigenvalue weighted by atomic mass is 16.6. The molecular weight excluding hydrogens is 616 g/mol. The van der Waals surface area contributed by atoms with Crippen molar-refractivity contribution in [2.24, 2.45) is 23.2 Å². The standard InChI is InChI=1S/C34H48O13/c1-17(2)15-42-28-27(44-21(6)36)19(4)26(43-20(5)35)25-31(45-22(7)37)33(12,46-23(8)38)16-34(25,47-24(9)39)29(40)18(3)13-14-32(10,11)30(28)41/h13-14,17-18,25-28,31H,4,15-16H2,1-3,5-12H3/b14-13-/t18-,25+,26+,27+,28+,31-,33-,34-/m1/s1. The van der Waals surface area contributed by atoms with Gasteiger partial charge in [0.2, 0.25) is 0 Å². The molecule has 0 radical (unpaired) electrons. The molecule has 0 aliphatic heterocycles. The number of esters is 5. The van der Waals surface area contributed by atoms with Gasteiger partial charge in [0.15, 0.2) is 41.1 Å². The second kappa shape index (κ2) is 14.9. The summed E-state index contributed by atoms with van der Waals surface area (Å²) in [6, 6.07) is 0. The molecule has 8 atom stereocenters. The fraction of sp³-hybridized carbons (Fsp3) is 0.676. The number of ether oxygens (including phenoxy) is 6. The molecule has 0 heterocycles. The Bertz CT molecular complexity index is 1330. The Morgan fingerprint density at radius 1 is 0.787 bits per heavy atom. The number of ketones is 2. The van der Waals surface area contributed by atoms with Crippen LogP contribution < -0.4 is 0 Å². The number of fused-ring (bicyclic) bond motifs is 1. The Balaban J connectivity index is 3.18. The second-order valence-electron chi connectivity index (χ2n) is 13.5. The first-order chi connectivity index (χ1) is 21.5. The van der Waals surface area contributed by atoms with Gasteiger partial charge in [0.05, 0.1) is 12.5 Å². The topological polar surface area (TPSA) is 175 Å². The van der Waals surface area contributed by atoms with E-state index in [1.165, 1.54) is 26.0 Å². The van der Waals surface area contributed by atoms with E-state index in [0.29, 0.717) is 0 Å². The Morgan fingerprint density at radius 2 is 1.30 bits per heavy atom. The Morgan fingerprint density at radius 3 is 1.77 bits per heavy atom. The van der Waals surface area contributed by atoms with Crippen LogP contribution in [0.1, 0.15) is 82.6 Å². The van der Waals surface area contributed by atoms with E-state index in [4.69, 9.17) is 28.4 Å². The maximum absolute atomic E-state index is 14.7. The minimum absolute atomic E-state index is 0.0514. The van der Waals surface area contributed by atoms with Crippen molar-refractivity contribution >= 4 is 41.4 Å². The SMILES string of the molecule is C=C1[C@H](OC(C)=O)[C@H]2[C@@H](OC(C)=O)[C@](C)(OC(C)=O)C[C@]2(OC(C)=O)C(=O)[C@H](C)/C=C\C(C)(C)C(=O)[C@@H](OCC(C)C)[C@H]1OC(C)=O. The highest BCUT2D eigenvalue weighted by molar-refractivity contribution is 5.95. The Kier molecular flexibility index (Phi) is 12.5. The molecule has 262 valence electrons. The minimum Gasteiger partial charge on any atom is -0.458 e. The number of carbonyl (C=O) groups is 7. The molecule has 0 amide bonds. The third-order valence-corrected chi connectivity index (χ3v) is 8.13. The van der Waals surface area contributed by atoms with Crippen LogP contribution in [0.25, 0.3) is 0 Å². The van der Waals surface area contributed by atoms with Gasteiger partial charge in [0, 0.05) is 57.9 Å². The highest BCUT2D eigenvalue weighted by Gasteiger charge is 2.72. The van der Waals surface area contributed by atoms with Crippen molar-refractivity contribution in [2.45, 2.75) is 118 Å². The van der Waals surface area contributed by atoms with Crippen LogP contribution in [0.2, 0.25) is 0 Å². The van der Waals surface area contributed by atoms with Gasteiger partial charge in [0.1, 0.15) is 6.10 Å². The van der Waals surface area contributed by atoms with Crippen LogP contribution in [-0.4, -0.2) is 83.6 Å². The zero-order valence-electron chi connectivity index (χ0n) is 29.1. The van der Waals surface area contributed by atoms with Crippen LogP contribution in [0.3, 0.4) is 0 Å². The predicted octanol–water partition coefficient (Wildman–Crippen LogP) is 3.39. The molecule has 0 bridgehead atoms. The number of allylic oxidation sites excluding steroid dienone is 2. The second-order valence-corrected chi connectivity index (χ2v) is 13.5. The van der Waals surface area contributed by atoms with Crippen molar-refractivity contribution < 1.29 is 62.0 Å². The third-order valence-electron chi connectivity index (χ3n) is 8.13. The van der Waals surface area contributed by atoms with Gasteiger partial charge >= 0.3 is 29.8 Å². The maximum atomic E-state index is 14.7. The van der Waals surface area contributed by atoms with Gasteiger partial charge < -0.3 is 28.4 Å². The average molecular weight is 665 g/mol. The molecule has 13 nitrogen and oxygen atoms in total. The molecular formula is C34H48O13. The van der Waals surface area contributed by atoms with Crippen molar-refractivity contribution in [1.82, 2.24) is 0 Å². The third kappa shape index (κ3) is 8.94. The van der Waals surface area contributed by atoms with E-state index in [0.717, 1.165) is 34.6 Å². The van der Waals surface area contributed by atoms with Gasteiger partial charge in [-0.25, -0.2) is 0 Å². The van der Waals surface area contributed by atoms with Gasteiger partial charge in [-0.15, -0.1) is 0 Å². The molecule has 0 aromatic heterocycles. The summed E-state index contributed by atoms with van der Waals surface area (Å²) in [6.07, 6.45) is -3.99. The van der Waals surface area contributed by atoms with E-state index in [2.05, 4.69) is 6.58 Å². The number of hydrogen-bond donors (Lipinski definition) is 0. The van der Waals surface area contributed by atoms with Crippen LogP contribution >= 0.6 is 0 Å². The van der Waals surface area contributed by atoms with Crippen molar-refractivity contribution in [3.63, 3.8) is 0 Å². The van der Waals surface area contributed by atoms with E-state index in [1.54, 1.807) is 13.8 Å². The molecule has 0 spiro atoms. The van der Waals surface area contributed by atoms with Gasteiger partial charge in [-0.05, 0) is 26.7 Å². The predicted molar refractivity (Wildman–Crippen MR) is 165 cm³/mol. The van der Waals surface area contributed by atoms with E-state index < -0.39 is 101 Å². The summed E-state index contributed by atoms with van der Waals surface area (Å²) < 4.78 is 34.9. The van der Waals surface area contributed by atoms with Gasteiger partial charge in [-0.2, -0.15) is 0 Å². The van der Waals surface area contributed by atoms with Crippen LogP contribution in [0.15, 0.2) is 24.3 Å². The lowest BCUT2D eigenvalue weighted by atomic mass is 9.72. The molecule has 0 saturated heterocycles. The maximum Gasteiger partial charge on any atom is 0.303 e. The van der Waals surface area contributed by atoms with E-state index in [1.807, 2.05) is 13.8 Å². The van der Waals surface area contributed by atoms with E-state index >= 15 is 0 Å². The molecule has 0 aromatic rings. The summed E-state index contributed by atoms with van der Waals surface area (Å²) >= 11 is 0. The minimum atomic E-state index is -2.27. The quantitative estimate of drug-likeness (QED) is 0.210. The lowest BCUT2D eigenvalue weighted by Gasteiger charge is -2.42. The summed E-state index contributed by atoms with van der Waals surface area (Å²) in [5.41, 5.74) is -5.63. The molecule has 47 heavy (non-hydrogen) atoms. The number of Topliss-reactive ketones (excluding diaryl/α,β-unsaturated/α-hetero) is 2. The monoisotopic (exact) mass is 664 g/mol. The van der Waals surface area contributed by atoms with Crippen molar-refractivity contribution in [1.29, 1.82) is 0 Å². The van der Waals surface area contributed by atoms with Crippen LogP contribution in [0.5, 0.6) is 0 Å². The Hall–Kier alpha value is -3.87. The first-order valence-corrected chi connectivity index (χ1v) is 15.5. The number of carbonyl (C=O) groups excluding carboxylic acids is 7. The lowest BCUT2D eigenvalue weighted by molar-refractivity contribution is -0.190. The summed E-state index contributed by atoms with van der Waals surface area (Å²) in [7, 11) is 0. The van der Waals surface area contributed by atoms with Crippen molar-refractivity contribution in [3.8, 4) is 0 Å². The van der Waals surface area contributed by atoms with Crippen LogP contribution in [0, 0.1) is 23.2 Å². The molecule has 0 N–H and O–H groups in total. The number of rotatable bonds is 8. The summed E-state index contributed by atoms with van der Waals surface area (Å²) in [5.74, 6) is -8.35. The fourth-order valence-corrected chi connectivity index (χ4v) is 6.36. The van der Waals surface area contributed by atoms with E-state index in [9.17, 15) is 33.6 Å². The van der Waals surface area contributed by atoms with Crippen LogP contribution in [0.4, 0.5) is 0 Å². The first kappa shape index (κ1) is 39.3. The summed E-state index contributed by atoms with van der Waals surface area (Å²) in [4.78, 5) is 92.1. The van der Waals surface area contributed by atoms with E-state index in [-0.39, 0.29) is 18.1 Å². The van der Waals surface area contributed by atoms with Gasteiger partial charge in [-0.3, -0.25) is 33.6 Å². The molecule has 2 aliphatic rings. The zero-order chi connectivity index (χ0) is 36.2. The highest BCUT2D eigenvalue weighted by Crippen LogP contribution is 2.54. The smallest absolute Gasteiger partial charge is 0.303 e. The number of hydrogen-bond acceptors (Lipinski definition) is 13. The fourth-order valence-electron chi connectivity index (χ4n) is 6.36. The van der Waals surface area contributed by atoms with Crippen molar-refractivity contribution in [2.75, 3.05) is 6.61 Å². The molecule has 0 aromatic carbocycles. The van der Waals surface area contributed by atoms with Gasteiger partial charge in [0.25, 0.3) is 0 Å². The van der Waals surface area contributed by atoms with Crippen molar-refractivity contribution in [3.05, 3.63) is 24.3 Å². The van der Waals surface area contributed by atoms with Gasteiger partial charge in [-0.1, -0.05) is 39.5 Å². The normalized spacial score (nSPS) is 33.1. The first-order valence-electron chi connectivity index (χ1n) is 15.5. The summed E-state index contributed by atoms with van der Waals surface area (Å²) in [5, 5.41) is 0. The zero-order valence-corrected chi connectivity index (χ0v) is 29.1. The Labute approximate surface area is 275 Å².